The van der Waals surface area contributed by atoms with Crippen molar-refractivity contribution in [3.63, 3.8) is 0 Å². The monoisotopic (exact) mass is 327 g/mol. The summed E-state index contributed by atoms with van der Waals surface area (Å²) in [6.07, 6.45) is 0. The first-order valence-electron chi connectivity index (χ1n) is 7.66. The van der Waals surface area contributed by atoms with Crippen molar-refractivity contribution in [3.05, 3.63) is 41.3 Å². The van der Waals surface area contributed by atoms with Crippen LogP contribution >= 0.6 is 0 Å². The van der Waals surface area contributed by atoms with Gasteiger partial charge in [-0.1, -0.05) is 6.07 Å². The highest BCUT2D eigenvalue weighted by molar-refractivity contribution is 5.81. The lowest BCUT2D eigenvalue weighted by Gasteiger charge is -2.10. The van der Waals surface area contributed by atoms with Gasteiger partial charge in [0.2, 0.25) is 0 Å². The number of rotatable bonds is 5. The molecule has 0 atom stereocenters. The molecular weight excluding hydrogens is 306 g/mol. The summed E-state index contributed by atoms with van der Waals surface area (Å²) in [5.74, 6) is 1.36. The van der Waals surface area contributed by atoms with Crippen molar-refractivity contribution in [3.8, 4) is 22.6 Å². The lowest BCUT2D eigenvalue weighted by Crippen LogP contribution is -1.97. The first kappa shape index (κ1) is 16.3. The van der Waals surface area contributed by atoms with E-state index in [1.54, 1.807) is 21.3 Å². The summed E-state index contributed by atoms with van der Waals surface area (Å²) in [7, 11) is 4.91. The van der Waals surface area contributed by atoms with E-state index in [4.69, 9.17) is 14.2 Å². The van der Waals surface area contributed by atoms with Gasteiger partial charge in [-0.15, -0.1) is 0 Å². The van der Waals surface area contributed by atoms with Crippen molar-refractivity contribution in [2.24, 2.45) is 0 Å². The lowest BCUT2D eigenvalue weighted by molar-refractivity contribution is 0.181. The molecule has 2 aromatic heterocycles. The molecule has 0 radical (unpaired) electrons. The van der Waals surface area contributed by atoms with Crippen LogP contribution in [0.25, 0.3) is 16.8 Å². The number of ether oxygens (including phenoxy) is 3. The fraction of sp³-hybridized carbons (Fsp3) is 0.333. The van der Waals surface area contributed by atoms with Crippen LogP contribution in [-0.2, 0) is 11.3 Å². The minimum absolute atomic E-state index is 0.408. The van der Waals surface area contributed by atoms with E-state index in [0.717, 1.165) is 33.9 Å². The number of methoxy groups -OCH3 is 3. The van der Waals surface area contributed by atoms with Crippen molar-refractivity contribution < 1.29 is 14.2 Å². The van der Waals surface area contributed by atoms with Gasteiger partial charge >= 0.3 is 0 Å². The normalized spacial score (nSPS) is 11.0. The van der Waals surface area contributed by atoms with Crippen LogP contribution in [0.1, 0.15) is 17.1 Å². The number of aromatic nitrogens is 3. The topological polar surface area (TPSA) is 57.9 Å². The Morgan fingerprint density at radius 2 is 1.75 bits per heavy atom. The third-order valence-electron chi connectivity index (χ3n) is 3.92. The van der Waals surface area contributed by atoms with E-state index >= 15 is 0 Å². The second-order valence-corrected chi connectivity index (χ2v) is 5.60. The molecule has 0 aliphatic carbocycles. The number of aryl methyl sites for hydroxylation is 2. The molecule has 0 amide bonds. The van der Waals surface area contributed by atoms with Crippen molar-refractivity contribution in [2.75, 3.05) is 21.3 Å². The van der Waals surface area contributed by atoms with Gasteiger partial charge in [-0.25, -0.2) is 9.50 Å². The van der Waals surface area contributed by atoms with Gasteiger partial charge in [0.1, 0.15) is 0 Å². The molecule has 0 spiro atoms. The van der Waals surface area contributed by atoms with E-state index in [0.29, 0.717) is 18.1 Å². The minimum Gasteiger partial charge on any atom is -0.493 e. The van der Waals surface area contributed by atoms with Crippen molar-refractivity contribution >= 4 is 5.65 Å². The molecule has 0 saturated heterocycles. The predicted octanol–water partition coefficient (Wildman–Crippen LogP) is 3.18. The highest BCUT2D eigenvalue weighted by atomic mass is 16.5. The zero-order chi connectivity index (χ0) is 17.3. The zero-order valence-electron chi connectivity index (χ0n) is 14.6. The molecular formula is C18H21N3O3. The first-order chi connectivity index (χ1) is 11.6. The second kappa shape index (κ2) is 6.49. The highest BCUT2D eigenvalue weighted by Crippen LogP contribution is 2.35. The maximum atomic E-state index is 5.43. The van der Waals surface area contributed by atoms with Crippen LogP contribution in [0.2, 0.25) is 0 Å². The van der Waals surface area contributed by atoms with Gasteiger partial charge in [0.05, 0.1) is 32.1 Å². The second-order valence-electron chi connectivity index (χ2n) is 5.60. The molecule has 0 fully saturated rings. The highest BCUT2D eigenvalue weighted by Gasteiger charge is 2.19. The summed E-state index contributed by atoms with van der Waals surface area (Å²) in [5, 5.41) is 4.67. The first-order valence-corrected chi connectivity index (χ1v) is 7.66. The minimum atomic E-state index is 0.408. The largest absolute Gasteiger partial charge is 0.493 e. The SMILES string of the molecule is COCc1nn2c(C)cc(C)nc2c1-c1ccc(OC)c(OC)c1. The van der Waals surface area contributed by atoms with Crippen molar-refractivity contribution in [1.29, 1.82) is 0 Å². The lowest BCUT2D eigenvalue weighted by atomic mass is 10.0. The standard InChI is InChI=1S/C18H21N3O3/c1-11-8-12(2)21-18(19-11)17(14(20-21)10-22-3)13-6-7-15(23-4)16(9-13)24-5/h6-9H,10H2,1-5H3. The van der Waals surface area contributed by atoms with Gasteiger partial charge in [-0.2, -0.15) is 5.10 Å². The average Bonchev–Trinajstić information content (AvgIpc) is 2.93. The Bertz CT molecular complexity index is 887. The number of fused-ring (bicyclic) bond motifs is 1. The fourth-order valence-corrected chi connectivity index (χ4v) is 2.89. The Kier molecular flexibility index (Phi) is 4.40. The molecule has 0 bridgehead atoms. The van der Waals surface area contributed by atoms with Crippen molar-refractivity contribution in [1.82, 2.24) is 14.6 Å². The third kappa shape index (κ3) is 2.69. The van der Waals surface area contributed by atoms with E-state index < -0.39 is 0 Å². The van der Waals surface area contributed by atoms with Crippen LogP contribution in [-0.4, -0.2) is 35.9 Å². The molecule has 0 aliphatic heterocycles. The fourth-order valence-electron chi connectivity index (χ4n) is 2.89. The van der Waals surface area contributed by atoms with Gasteiger partial charge in [0, 0.05) is 18.5 Å². The average molecular weight is 327 g/mol. The number of nitrogens with zero attached hydrogens (tertiary/aromatic N) is 3. The number of benzene rings is 1. The summed E-state index contributed by atoms with van der Waals surface area (Å²) in [6.45, 7) is 4.41. The molecule has 0 saturated carbocycles. The Balaban J connectivity index is 2.29. The van der Waals surface area contributed by atoms with E-state index in [9.17, 15) is 0 Å². The molecule has 0 aliphatic rings. The zero-order valence-corrected chi connectivity index (χ0v) is 14.6. The van der Waals surface area contributed by atoms with Crippen molar-refractivity contribution in [2.45, 2.75) is 20.5 Å². The van der Waals surface area contributed by atoms with Gasteiger partial charge in [0.25, 0.3) is 0 Å². The summed E-state index contributed by atoms with van der Waals surface area (Å²) in [4.78, 5) is 4.69. The van der Waals surface area contributed by atoms with Crippen LogP contribution in [0.15, 0.2) is 24.3 Å². The van der Waals surface area contributed by atoms with E-state index in [-0.39, 0.29) is 0 Å². The van der Waals surface area contributed by atoms with E-state index in [1.807, 2.05) is 42.6 Å². The van der Waals surface area contributed by atoms with Gasteiger partial charge in [-0.3, -0.25) is 0 Å². The van der Waals surface area contributed by atoms with E-state index in [2.05, 4.69) is 10.1 Å². The number of hydrogen-bond acceptors (Lipinski definition) is 5. The maximum Gasteiger partial charge on any atom is 0.163 e. The molecule has 0 unspecified atom stereocenters. The molecule has 6 heteroatoms. The van der Waals surface area contributed by atoms with Gasteiger partial charge in [-0.05, 0) is 37.6 Å². The molecule has 3 rings (SSSR count). The summed E-state index contributed by atoms with van der Waals surface area (Å²) in [5.41, 5.74) is 5.54. The van der Waals surface area contributed by atoms with Crippen LogP contribution in [0, 0.1) is 13.8 Å². The summed E-state index contributed by atoms with van der Waals surface area (Å²) >= 11 is 0. The third-order valence-corrected chi connectivity index (χ3v) is 3.92. The Labute approximate surface area is 141 Å². The Morgan fingerprint density at radius 1 is 1.00 bits per heavy atom. The van der Waals surface area contributed by atoms with E-state index in [1.165, 1.54) is 0 Å². The van der Waals surface area contributed by atoms with Gasteiger partial charge in [0.15, 0.2) is 17.1 Å². The summed E-state index contributed by atoms with van der Waals surface area (Å²) in [6, 6.07) is 7.82. The molecule has 6 nitrogen and oxygen atoms in total. The summed E-state index contributed by atoms with van der Waals surface area (Å²) < 4.78 is 17.9. The van der Waals surface area contributed by atoms with Crippen LogP contribution < -0.4 is 9.47 Å². The molecule has 126 valence electrons. The Morgan fingerprint density at radius 3 is 2.42 bits per heavy atom. The van der Waals surface area contributed by atoms with Crippen LogP contribution in [0.4, 0.5) is 0 Å². The quantitative estimate of drug-likeness (QED) is 0.720. The van der Waals surface area contributed by atoms with Crippen LogP contribution in [0.5, 0.6) is 11.5 Å². The predicted molar refractivity (Wildman–Crippen MR) is 91.7 cm³/mol. The molecule has 0 N–H and O–H groups in total. The molecule has 3 aromatic rings. The van der Waals surface area contributed by atoms with Gasteiger partial charge < -0.3 is 14.2 Å². The molecule has 24 heavy (non-hydrogen) atoms. The maximum absolute atomic E-state index is 5.43. The smallest absolute Gasteiger partial charge is 0.163 e. The van der Waals surface area contributed by atoms with Crippen LogP contribution in [0.3, 0.4) is 0 Å². The Hall–Kier alpha value is -2.60. The molecule has 1 aromatic carbocycles. The molecule has 2 heterocycles. The number of hydrogen-bond donors (Lipinski definition) is 0.